The molecule has 1 N–H and O–H groups in total. The predicted octanol–water partition coefficient (Wildman–Crippen LogP) is 2.25. The lowest BCUT2D eigenvalue weighted by Crippen LogP contribution is -2.49. The van der Waals surface area contributed by atoms with Crippen molar-refractivity contribution in [2.24, 2.45) is 5.92 Å². The van der Waals surface area contributed by atoms with Crippen LogP contribution in [0.3, 0.4) is 0 Å². The number of rotatable bonds is 4. The van der Waals surface area contributed by atoms with Crippen molar-refractivity contribution in [2.45, 2.75) is 32.2 Å². The fourth-order valence-electron chi connectivity index (χ4n) is 3.69. The third-order valence-corrected chi connectivity index (χ3v) is 5.08. The Morgan fingerprint density at radius 2 is 1.96 bits per heavy atom. The van der Waals surface area contributed by atoms with Crippen LogP contribution in [-0.4, -0.2) is 56.7 Å². The molecule has 3 rings (SSSR count). The normalized spacial score (nSPS) is 23.1. The Balaban J connectivity index is 1.64. The lowest BCUT2D eigenvalue weighted by atomic mass is 10.0. The second kappa shape index (κ2) is 7.85. The van der Waals surface area contributed by atoms with Crippen molar-refractivity contribution in [3.05, 3.63) is 18.2 Å². The first-order chi connectivity index (χ1) is 12.5. The molecular weight excluding hydrogens is 334 g/mol. The molecule has 2 aliphatic rings. The van der Waals surface area contributed by atoms with Gasteiger partial charge < -0.3 is 24.6 Å². The number of ether oxygens (including phenoxy) is 2. The average molecular weight is 361 g/mol. The number of carbonyl (C=O) groups excluding carboxylic acids is 2. The molecule has 2 atom stereocenters. The molecule has 26 heavy (non-hydrogen) atoms. The Bertz CT molecular complexity index is 679. The van der Waals surface area contributed by atoms with Crippen LogP contribution in [0, 0.1) is 5.92 Å². The van der Waals surface area contributed by atoms with Crippen LogP contribution in [0.5, 0.6) is 11.5 Å². The summed E-state index contributed by atoms with van der Waals surface area (Å²) >= 11 is 0. The van der Waals surface area contributed by atoms with Crippen LogP contribution in [0.15, 0.2) is 18.2 Å². The summed E-state index contributed by atoms with van der Waals surface area (Å²) in [5.41, 5.74) is 0.746. The minimum atomic E-state index is -0.180. The second-order valence-corrected chi connectivity index (χ2v) is 7.09. The SMILES string of the molecule is COc1ccc(N2C[C@H](NC(=O)N3CCC[C@@H](C)C3)CC2=O)cc1OC. The van der Waals surface area contributed by atoms with Gasteiger partial charge in [0.25, 0.3) is 0 Å². The zero-order valence-electron chi connectivity index (χ0n) is 15.7. The van der Waals surface area contributed by atoms with Crippen molar-refractivity contribution < 1.29 is 19.1 Å². The number of piperidine rings is 1. The molecule has 0 radical (unpaired) electrons. The van der Waals surface area contributed by atoms with Crippen molar-refractivity contribution in [1.29, 1.82) is 0 Å². The summed E-state index contributed by atoms with van der Waals surface area (Å²) in [6.07, 6.45) is 2.51. The summed E-state index contributed by atoms with van der Waals surface area (Å²) < 4.78 is 10.6. The van der Waals surface area contributed by atoms with Gasteiger partial charge in [0.05, 0.1) is 20.3 Å². The lowest BCUT2D eigenvalue weighted by molar-refractivity contribution is -0.117. The van der Waals surface area contributed by atoms with Crippen LogP contribution in [0.4, 0.5) is 10.5 Å². The first-order valence-corrected chi connectivity index (χ1v) is 9.09. The molecule has 1 aromatic rings. The highest BCUT2D eigenvalue weighted by atomic mass is 16.5. The van der Waals surface area contributed by atoms with E-state index in [4.69, 9.17) is 9.47 Å². The molecule has 2 fully saturated rings. The zero-order chi connectivity index (χ0) is 18.7. The molecule has 2 aliphatic heterocycles. The standard InChI is InChI=1S/C19H27N3O4/c1-13-5-4-8-21(11-13)19(24)20-14-9-18(23)22(12-14)15-6-7-16(25-2)17(10-15)26-3/h6-7,10,13-14H,4-5,8-9,11-12H2,1-3H3,(H,20,24)/t13-,14-/m1/s1. The number of urea groups is 1. The molecule has 0 spiro atoms. The van der Waals surface area contributed by atoms with E-state index in [0.29, 0.717) is 30.4 Å². The molecule has 0 bridgehead atoms. The van der Waals surface area contributed by atoms with E-state index in [1.807, 2.05) is 11.0 Å². The minimum absolute atomic E-state index is 0.00506. The van der Waals surface area contributed by atoms with E-state index in [9.17, 15) is 9.59 Å². The van der Waals surface area contributed by atoms with Crippen LogP contribution in [0.1, 0.15) is 26.2 Å². The molecule has 7 nitrogen and oxygen atoms in total. The molecule has 3 amide bonds. The third-order valence-electron chi connectivity index (χ3n) is 5.08. The van der Waals surface area contributed by atoms with E-state index in [1.54, 1.807) is 31.3 Å². The molecule has 2 heterocycles. The van der Waals surface area contributed by atoms with Crippen molar-refractivity contribution in [1.82, 2.24) is 10.2 Å². The van der Waals surface area contributed by atoms with E-state index >= 15 is 0 Å². The maximum absolute atomic E-state index is 12.5. The maximum Gasteiger partial charge on any atom is 0.317 e. The monoisotopic (exact) mass is 361 g/mol. The number of likely N-dealkylation sites (tertiary alicyclic amines) is 1. The Kier molecular flexibility index (Phi) is 5.54. The summed E-state index contributed by atoms with van der Waals surface area (Å²) in [5.74, 6) is 1.72. The number of nitrogens with zero attached hydrogens (tertiary/aromatic N) is 2. The fraction of sp³-hybridized carbons (Fsp3) is 0.579. The van der Waals surface area contributed by atoms with E-state index in [0.717, 1.165) is 25.2 Å². The van der Waals surface area contributed by atoms with Crippen molar-refractivity contribution >= 4 is 17.6 Å². The maximum atomic E-state index is 12.5. The van der Waals surface area contributed by atoms with E-state index in [-0.39, 0.29) is 18.0 Å². The summed E-state index contributed by atoms with van der Waals surface area (Å²) in [5, 5.41) is 3.02. The van der Waals surface area contributed by atoms with Gasteiger partial charge in [-0.25, -0.2) is 4.79 Å². The number of anilines is 1. The number of carbonyl (C=O) groups is 2. The Morgan fingerprint density at radius 1 is 1.19 bits per heavy atom. The number of benzene rings is 1. The molecule has 0 aliphatic carbocycles. The Labute approximate surface area is 154 Å². The molecule has 0 saturated carbocycles. The summed E-state index contributed by atoms with van der Waals surface area (Å²) in [7, 11) is 3.14. The number of methoxy groups -OCH3 is 2. The largest absolute Gasteiger partial charge is 0.493 e. The topological polar surface area (TPSA) is 71.1 Å². The zero-order valence-corrected chi connectivity index (χ0v) is 15.7. The quantitative estimate of drug-likeness (QED) is 0.893. The fourth-order valence-corrected chi connectivity index (χ4v) is 3.69. The highest BCUT2D eigenvalue weighted by Gasteiger charge is 2.33. The van der Waals surface area contributed by atoms with Crippen molar-refractivity contribution in [3.63, 3.8) is 0 Å². The van der Waals surface area contributed by atoms with Gasteiger partial charge in [-0.15, -0.1) is 0 Å². The molecule has 142 valence electrons. The second-order valence-electron chi connectivity index (χ2n) is 7.09. The van der Waals surface area contributed by atoms with Crippen LogP contribution >= 0.6 is 0 Å². The lowest BCUT2D eigenvalue weighted by Gasteiger charge is -2.31. The van der Waals surface area contributed by atoms with Crippen LogP contribution in [0.2, 0.25) is 0 Å². The molecule has 2 saturated heterocycles. The smallest absolute Gasteiger partial charge is 0.317 e. The first-order valence-electron chi connectivity index (χ1n) is 9.09. The molecule has 0 aromatic heterocycles. The van der Waals surface area contributed by atoms with Gasteiger partial charge >= 0.3 is 6.03 Å². The number of nitrogens with one attached hydrogen (secondary N) is 1. The Hall–Kier alpha value is -2.44. The summed E-state index contributed by atoms with van der Waals surface area (Å²) in [6.45, 7) is 4.20. The van der Waals surface area contributed by atoms with E-state index in [1.165, 1.54) is 6.42 Å². The van der Waals surface area contributed by atoms with Gasteiger partial charge in [-0.1, -0.05) is 6.92 Å². The highest BCUT2D eigenvalue weighted by molar-refractivity contribution is 5.97. The van der Waals surface area contributed by atoms with Gasteiger partial charge in [-0.05, 0) is 30.9 Å². The summed E-state index contributed by atoms with van der Waals surface area (Å²) in [4.78, 5) is 28.5. The Morgan fingerprint density at radius 3 is 2.65 bits per heavy atom. The number of hydrogen-bond donors (Lipinski definition) is 1. The first kappa shape index (κ1) is 18.4. The average Bonchev–Trinajstić information content (AvgIpc) is 3.01. The van der Waals surface area contributed by atoms with Crippen LogP contribution in [-0.2, 0) is 4.79 Å². The van der Waals surface area contributed by atoms with Crippen molar-refractivity contribution in [2.75, 3.05) is 38.8 Å². The van der Waals surface area contributed by atoms with Gasteiger partial charge in [0.1, 0.15) is 0 Å². The van der Waals surface area contributed by atoms with Crippen molar-refractivity contribution in [3.8, 4) is 11.5 Å². The molecule has 0 unspecified atom stereocenters. The van der Waals surface area contributed by atoms with Gasteiger partial charge in [0.15, 0.2) is 11.5 Å². The van der Waals surface area contributed by atoms with Gasteiger partial charge in [-0.3, -0.25) is 4.79 Å². The molecule has 1 aromatic carbocycles. The molecular formula is C19H27N3O4. The van der Waals surface area contributed by atoms with Gasteiger partial charge in [0, 0.05) is 37.8 Å². The predicted molar refractivity (Wildman–Crippen MR) is 98.8 cm³/mol. The van der Waals surface area contributed by atoms with E-state index in [2.05, 4.69) is 12.2 Å². The number of amides is 3. The number of hydrogen-bond acceptors (Lipinski definition) is 4. The van der Waals surface area contributed by atoms with Crippen LogP contribution < -0.4 is 19.7 Å². The van der Waals surface area contributed by atoms with Gasteiger partial charge in [-0.2, -0.15) is 0 Å². The van der Waals surface area contributed by atoms with Crippen LogP contribution in [0.25, 0.3) is 0 Å². The third kappa shape index (κ3) is 3.86. The minimum Gasteiger partial charge on any atom is -0.493 e. The molecule has 7 heteroatoms. The van der Waals surface area contributed by atoms with E-state index < -0.39 is 0 Å². The van der Waals surface area contributed by atoms with Gasteiger partial charge in [0.2, 0.25) is 5.91 Å². The summed E-state index contributed by atoms with van der Waals surface area (Å²) in [6, 6.07) is 5.15. The highest BCUT2D eigenvalue weighted by Crippen LogP contribution is 2.33.